The second kappa shape index (κ2) is 7.51. The van der Waals surface area contributed by atoms with E-state index in [2.05, 4.69) is 36.1 Å². The van der Waals surface area contributed by atoms with Crippen molar-refractivity contribution < 1.29 is 9.90 Å². The van der Waals surface area contributed by atoms with Crippen LogP contribution in [0.4, 0.5) is 0 Å². The van der Waals surface area contributed by atoms with Gasteiger partial charge in [-0.05, 0) is 36.9 Å². The predicted molar refractivity (Wildman–Crippen MR) is 78.9 cm³/mol. The van der Waals surface area contributed by atoms with E-state index in [9.17, 15) is 4.79 Å². The first-order valence-corrected chi connectivity index (χ1v) is 6.76. The molecular weight excluding hydrogens is 262 g/mol. The molecule has 0 bridgehead atoms. The lowest BCUT2D eigenvalue weighted by molar-refractivity contribution is -0.137. The number of fused-ring (bicyclic) bond motifs is 1. The zero-order chi connectivity index (χ0) is 13.0. The third-order valence-electron chi connectivity index (χ3n) is 3.67. The molecule has 0 saturated carbocycles. The third kappa shape index (κ3) is 3.95. The highest BCUT2D eigenvalue weighted by molar-refractivity contribution is 5.85. The Morgan fingerprint density at radius 2 is 2.16 bits per heavy atom. The normalized spacial score (nSPS) is 18.5. The molecule has 0 fully saturated rings. The van der Waals surface area contributed by atoms with Gasteiger partial charge < -0.3 is 5.11 Å². The van der Waals surface area contributed by atoms with E-state index >= 15 is 0 Å². The van der Waals surface area contributed by atoms with E-state index in [1.807, 2.05) is 0 Å². The van der Waals surface area contributed by atoms with Crippen molar-refractivity contribution in [2.24, 2.45) is 0 Å². The van der Waals surface area contributed by atoms with Gasteiger partial charge in [-0.3, -0.25) is 9.69 Å². The fourth-order valence-corrected chi connectivity index (χ4v) is 2.86. The Morgan fingerprint density at radius 3 is 2.84 bits per heavy atom. The summed E-state index contributed by atoms with van der Waals surface area (Å²) in [5, 5.41) is 8.89. The molecule has 106 valence electrons. The van der Waals surface area contributed by atoms with Gasteiger partial charge in [-0.25, -0.2) is 0 Å². The predicted octanol–water partition coefficient (Wildman–Crippen LogP) is 3.28. The van der Waals surface area contributed by atoms with E-state index in [1.54, 1.807) is 0 Å². The molecule has 0 saturated heterocycles. The molecule has 1 aliphatic heterocycles. The lowest BCUT2D eigenvalue weighted by Crippen LogP contribution is -2.36. The van der Waals surface area contributed by atoms with Crippen molar-refractivity contribution in [3.63, 3.8) is 0 Å². The van der Waals surface area contributed by atoms with Crippen LogP contribution >= 0.6 is 12.4 Å². The summed E-state index contributed by atoms with van der Waals surface area (Å²) in [7, 11) is 0. The summed E-state index contributed by atoms with van der Waals surface area (Å²) in [6.45, 7) is 4.28. The number of nitrogens with zero attached hydrogens (tertiary/aromatic N) is 1. The number of carbonyl (C=O) groups is 1. The topological polar surface area (TPSA) is 40.5 Å². The van der Waals surface area contributed by atoms with Gasteiger partial charge in [-0.2, -0.15) is 0 Å². The molecule has 19 heavy (non-hydrogen) atoms. The Bertz CT molecular complexity index is 422. The second-order valence-corrected chi connectivity index (χ2v) is 4.93. The zero-order valence-electron chi connectivity index (χ0n) is 11.3. The van der Waals surface area contributed by atoms with Crippen molar-refractivity contribution >= 4 is 18.4 Å². The largest absolute Gasteiger partial charge is 0.481 e. The average Bonchev–Trinajstić information content (AvgIpc) is 2.37. The number of hydrogen-bond acceptors (Lipinski definition) is 2. The van der Waals surface area contributed by atoms with Crippen LogP contribution in [0, 0.1) is 0 Å². The molecule has 2 rings (SSSR count). The van der Waals surface area contributed by atoms with Gasteiger partial charge in [0.15, 0.2) is 0 Å². The summed E-state index contributed by atoms with van der Waals surface area (Å²) in [6, 6.07) is 8.74. The molecule has 0 aliphatic carbocycles. The van der Waals surface area contributed by atoms with Crippen molar-refractivity contribution in [1.29, 1.82) is 0 Å². The molecule has 3 nitrogen and oxygen atoms in total. The van der Waals surface area contributed by atoms with E-state index in [0.717, 1.165) is 25.9 Å². The molecule has 1 aromatic carbocycles. The lowest BCUT2D eigenvalue weighted by Gasteiger charge is -2.37. The Labute approximate surface area is 121 Å². The second-order valence-electron chi connectivity index (χ2n) is 4.93. The highest BCUT2D eigenvalue weighted by Gasteiger charge is 2.26. The number of hydrogen-bond donors (Lipinski definition) is 1. The van der Waals surface area contributed by atoms with Crippen molar-refractivity contribution in [3.05, 3.63) is 35.4 Å². The highest BCUT2D eigenvalue weighted by Crippen LogP contribution is 2.32. The number of rotatable bonds is 5. The minimum Gasteiger partial charge on any atom is -0.481 e. The van der Waals surface area contributed by atoms with Crippen LogP contribution in [0.5, 0.6) is 0 Å². The van der Waals surface area contributed by atoms with Crippen LogP contribution in [0.3, 0.4) is 0 Å². The number of halogens is 1. The van der Waals surface area contributed by atoms with Gasteiger partial charge in [-0.15, -0.1) is 12.4 Å². The summed E-state index contributed by atoms with van der Waals surface area (Å²) in [6.07, 6.45) is 3.16. The summed E-state index contributed by atoms with van der Waals surface area (Å²) in [4.78, 5) is 13.2. The van der Waals surface area contributed by atoms with Gasteiger partial charge in [0.2, 0.25) is 0 Å². The highest BCUT2D eigenvalue weighted by atomic mass is 35.5. The van der Waals surface area contributed by atoms with Crippen molar-refractivity contribution in [3.8, 4) is 0 Å². The molecule has 4 heteroatoms. The first kappa shape index (κ1) is 16.0. The van der Waals surface area contributed by atoms with Gasteiger partial charge in [0.05, 0.1) is 0 Å². The molecule has 0 radical (unpaired) electrons. The molecule has 1 heterocycles. The van der Waals surface area contributed by atoms with Crippen molar-refractivity contribution in [2.45, 2.75) is 38.6 Å². The van der Waals surface area contributed by atoms with Crippen LogP contribution in [0.15, 0.2) is 24.3 Å². The first-order chi connectivity index (χ1) is 8.72. The Kier molecular flexibility index (Phi) is 6.32. The fraction of sp³-hybridized carbons (Fsp3) is 0.533. The Balaban J connectivity index is 0.00000180. The van der Waals surface area contributed by atoms with E-state index in [1.165, 1.54) is 11.1 Å². The van der Waals surface area contributed by atoms with Crippen LogP contribution in [0.25, 0.3) is 0 Å². The minimum atomic E-state index is -0.700. The zero-order valence-corrected chi connectivity index (χ0v) is 12.2. The van der Waals surface area contributed by atoms with Crippen molar-refractivity contribution in [2.75, 3.05) is 13.1 Å². The van der Waals surface area contributed by atoms with Crippen molar-refractivity contribution in [1.82, 2.24) is 4.90 Å². The van der Waals surface area contributed by atoms with Gasteiger partial charge >= 0.3 is 5.97 Å². The monoisotopic (exact) mass is 283 g/mol. The van der Waals surface area contributed by atoms with Crippen LogP contribution in [0.2, 0.25) is 0 Å². The first-order valence-electron chi connectivity index (χ1n) is 6.76. The quantitative estimate of drug-likeness (QED) is 0.901. The summed E-state index contributed by atoms with van der Waals surface area (Å²) in [5.74, 6) is -0.700. The summed E-state index contributed by atoms with van der Waals surface area (Å²) in [5.41, 5.74) is 2.72. The maximum atomic E-state index is 10.8. The molecule has 0 aromatic heterocycles. The van der Waals surface area contributed by atoms with E-state index in [4.69, 9.17) is 5.11 Å². The smallest absolute Gasteiger partial charge is 0.303 e. The SMILES string of the molecule is CCCN1CCc2ccccc2C1CCC(=O)O.Cl. The third-order valence-corrected chi connectivity index (χ3v) is 3.67. The number of carboxylic acid groups (broad SMARTS) is 1. The molecule has 1 N–H and O–H groups in total. The minimum absolute atomic E-state index is 0. The lowest BCUT2D eigenvalue weighted by atomic mass is 9.90. The van der Waals surface area contributed by atoms with Crippen LogP contribution in [0.1, 0.15) is 43.4 Å². The fourth-order valence-electron chi connectivity index (χ4n) is 2.86. The Hall–Kier alpha value is -1.06. The van der Waals surface area contributed by atoms with Gasteiger partial charge in [-0.1, -0.05) is 31.2 Å². The molecule has 1 aliphatic rings. The van der Waals surface area contributed by atoms with Gasteiger partial charge in [0.25, 0.3) is 0 Å². The number of aliphatic carboxylic acids is 1. The molecule has 1 aromatic rings. The van der Waals surface area contributed by atoms with Gasteiger partial charge in [0, 0.05) is 19.0 Å². The van der Waals surface area contributed by atoms with Crippen LogP contribution < -0.4 is 0 Å². The number of benzene rings is 1. The average molecular weight is 284 g/mol. The molecule has 0 spiro atoms. The van der Waals surface area contributed by atoms with Crippen LogP contribution in [-0.2, 0) is 11.2 Å². The van der Waals surface area contributed by atoms with Gasteiger partial charge in [0.1, 0.15) is 0 Å². The Morgan fingerprint density at radius 1 is 1.42 bits per heavy atom. The van der Waals surface area contributed by atoms with Crippen LogP contribution in [-0.4, -0.2) is 29.1 Å². The molecule has 1 unspecified atom stereocenters. The maximum absolute atomic E-state index is 10.8. The molecule has 1 atom stereocenters. The van der Waals surface area contributed by atoms with E-state index in [-0.39, 0.29) is 24.9 Å². The number of carboxylic acids is 1. The molecule has 0 amide bonds. The standard InChI is InChI=1S/C15H21NO2.ClH/c1-2-10-16-11-9-12-5-3-4-6-13(12)14(16)7-8-15(17)18;/h3-6,14H,2,7-11H2,1H3,(H,17,18);1H. The summed E-state index contributed by atoms with van der Waals surface area (Å²) >= 11 is 0. The summed E-state index contributed by atoms with van der Waals surface area (Å²) < 4.78 is 0. The maximum Gasteiger partial charge on any atom is 0.303 e. The van der Waals surface area contributed by atoms with E-state index in [0.29, 0.717) is 6.42 Å². The van der Waals surface area contributed by atoms with E-state index < -0.39 is 5.97 Å². The molecular formula is C15H22ClNO2.